The molecule has 1 aliphatic carbocycles. The number of carbonyl (C=O) groups excluding carboxylic acids is 1. The number of rotatable bonds is 10. The summed E-state index contributed by atoms with van der Waals surface area (Å²) in [7, 11) is 1.60. The highest BCUT2D eigenvalue weighted by atomic mass is 35.5. The third kappa shape index (κ3) is 6.41. The van der Waals surface area contributed by atoms with Gasteiger partial charge in [-0.1, -0.05) is 23.7 Å². The molecule has 1 N–H and O–H groups in total. The molecule has 1 saturated carbocycles. The van der Waals surface area contributed by atoms with Crippen LogP contribution < -0.4 is 15.7 Å². The maximum absolute atomic E-state index is 13.7. The number of halogens is 3. The van der Waals surface area contributed by atoms with Gasteiger partial charge in [0.15, 0.2) is 0 Å². The summed E-state index contributed by atoms with van der Waals surface area (Å²) in [5.41, 5.74) is 1.27. The first-order valence-electron chi connectivity index (χ1n) is 13.4. The van der Waals surface area contributed by atoms with Crippen LogP contribution in [0.15, 0.2) is 59.7 Å². The third-order valence-electron chi connectivity index (χ3n) is 7.31. The van der Waals surface area contributed by atoms with Crippen LogP contribution in [0.5, 0.6) is 5.88 Å². The number of methoxy groups -OCH3 is 1. The summed E-state index contributed by atoms with van der Waals surface area (Å²) in [6.07, 6.45) is 2.69. The molecule has 0 saturated heterocycles. The van der Waals surface area contributed by atoms with Crippen LogP contribution in [0.4, 0.5) is 8.78 Å². The van der Waals surface area contributed by atoms with Crippen LogP contribution in [-0.4, -0.2) is 51.4 Å². The fourth-order valence-corrected chi connectivity index (χ4v) is 5.43. The fraction of sp³-hybridized carbons (Fsp3) is 0.379. The lowest BCUT2D eigenvalue weighted by Gasteiger charge is -2.29. The fourth-order valence-electron chi connectivity index (χ4n) is 5.27. The van der Waals surface area contributed by atoms with Gasteiger partial charge >= 0.3 is 5.69 Å². The van der Waals surface area contributed by atoms with Gasteiger partial charge < -0.3 is 14.8 Å². The Kier molecular flexibility index (Phi) is 8.94. The predicted octanol–water partition coefficient (Wildman–Crippen LogP) is 5.19. The van der Waals surface area contributed by atoms with Crippen LogP contribution in [0.2, 0.25) is 5.02 Å². The van der Waals surface area contributed by atoms with Crippen LogP contribution in [0.25, 0.3) is 16.7 Å². The first kappa shape index (κ1) is 28.7. The van der Waals surface area contributed by atoms with E-state index in [2.05, 4.69) is 15.3 Å². The van der Waals surface area contributed by atoms with Crippen molar-refractivity contribution in [2.24, 2.45) is 5.92 Å². The lowest BCUT2D eigenvalue weighted by Crippen LogP contribution is -2.39. The van der Waals surface area contributed by atoms with Crippen LogP contribution in [0.3, 0.4) is 0 Å². The van der Waals surface area contributed by atoms with Crippen LogP contribution in [-0.2, 0) is 11.3 Å². The zero-order valence-corrected chi connectivity index (χ0v) is 23.2. The molecule has 1 amide bonds. The van der Waals surface area contributed by atoms with Crippen LogP contribution in [0.1, 0.15) is 48.2 Å². The molecule has 1 aromatic carbocycles. The summed E-state index contributed by atoms with van der Waals surface area (Å²) in [5, 5.41) is 2.98. The molecule has 9 nitrogen and oxygen atoms in total. The molecule has 1 aliphatic rings. The molecular formula is C29H30ClF2N5O4. The number of nitrogens with one attached hydrogen (secondary N) is 1. The summed E-state index contributed by atoms with van der Waals surface area (Å²) in [6.45, 7) is 1.35. The minimum atomic E-state index is -2.88. The number of aromatic nitrogens is 4. The molecule has 0 radical (unpaired) electrons. The number of carbonyl (C=O) groups is 1. The van der Waals surface area contributed by atoms with E-state index in [0.29, 0.717) is 44.2 Å². The number of alkyl halides is 2. The summed E-state index contributed by atoms with van der Waals surface area (Å²) < 4.78 is 40.7. The van der Waals surface area contributed by atoms with E-state index in [1.165, 1.54) is 6.07 Å². The van der Waals surface area contributed by atoms with Crippen molar-refractivity contribution in [3.8, 4) is 11.6 Å². The Labute approximate surface area is 240 Å². The van der Waals surface area contributed by atoms with Crippen molar-refractivity contribution < 1.29 is 23.0 Å². The Morgan fingerprint density at radius 1 is 1.07 bits per heavy atom. The smallest absolute Gasteiger partial charge is 0.333 e. The monoisotopic (exact) mass is 585 g/mol. The number of fused-ring (bicyclic) bond motifs is 1. The first-order valence-corrected chi connectivity index (χ1v) is 13.8. The maximum atomic E-state index is 13.7. The number of ether oxygens (including phenoxy) is 2. The molecule has 12 heteroatoms. The van der Waals surface area contributed by atoms with Gasteiger partial charge in [0.25, 0.3) is 12.3 Å². The Hall–Kier alpha value is -3.83. The standard InChI is InChI=1S/C29H30ClF2N5O4/c1-40-12-13-41-25-11-10-21(16-33-25)37-24-5-3-2-4-23(24)36(29(37)39)17-18-6-8-20(9-7-18)35-28(38)22-14-19(30)15-34-26(22)27(31)32/h2-5,10-11,14-16,18,20,27H,6-9,12-13,17H2,1H3,(H,35,38)/t18-,20-. The number of para-hydroxylation sites is 2. The third-order valence-corrected chi connectivity index (χ3v) is 7.52. The molecule has 216 valence electrons. The van der Waals surface area contributed by atoms with Crippen molar-refractivity contribution in [1.29, 1.82) is 0 Å². The van der Waals surface area contributed by atoms with Gasteiger partial charge in [-0.2, -0.15) is 0 Å². The molecule has 0 aliphatic heterocycles. The van der Waals surface area contributed by atoms with Crippen molar-refractivity contribution in [3.63, 3.8) is 0 Å². The summed E-state index contributed by atoms with van der Waals surface area (Å²) in [4.78, 5) is 34.4. The minimum Gasteiger partial charge on any atom is -0.475 e. The molecule has 5 rings (SSSR count). The number of hydrogen-bond donors (Lipinski definition) is 1. The number of amides is 1. The summed E-state index contributed by atoms with van der Waals surface area (Å²) >= 11 is 5.90. The zero-order valence-electron chi connectivity index (χ0n) is 22.4. The zero-order chi connectivity index (χ0) is 28.9. The maximum Gasteiger partial charge on any atom is 0.333 e. The van der Waals surface area contributed by atoms with E-state index < -0.39 is 18.0 Å². The van der Waals surface area contributed by atoms with E-state index in [-0.39, 0.29) is 28.2 Å². The van der Waals surface area contributed by atoms with Gasteiger partial charge in [0, 0.05) is 32.0 Å². The quantitative estimate of drug-likeness (QED) is 0.257. The molecular weight excluding hydrogens is 556 g/mol. The average molecular weight is 586 g/mol. The van der Waals surface area contributed by atoms with Gasteiger partial charge in [-0.05, 0) is 55.9 Å². The van der Waals surface area contributed by atoms with E-state index >= 15 is 0 Å². The van der Waals surface area contributed by atoms with E-state index in [0.717, 1.165) is 30.1 Å². The number of pyridine rings is 2. The first-order chi connectivity index (χ1) is 19.9. The highest BCUT2D eigenvalue weighted by Gasteiger charge is 2.27. The normalized spacial score (nSPS) is 17.2. The molecule has 0 spiro atoms. The van der Waals surface area contributed by atoms with Crippen LogP contribution in [0, 0.1) is 5.92 Å². The minimum absolute atomic E-state index is 0.120. The topological polar surface area (TPSA) is 100 Å². The van der Waals surface area contributed by atoms with Crippen molar-refractivity contribution in [1.82, 2.24) is 24.4 Å². The SMILES string of the molecule is COCCOc1ccc(-n2c(=O)n(C[C@H]3CC[C@H](NC(=O)c4cc(Cl)cnc4C(F)F)CC3)c3ccccc32)cn1. The Morgan fingerprint density at radius 3 is 2.51 bits per heavy atom. The van der Waals surface area contributed by atoms with E-state index in [9.17, 15) is 18.4 Å². The van der Waals surface area contributed by atoms with Crippen molar-refractivity contribution >= 4 is 28.5 Å². The van der Waals surface area contributed by atoms with Crippen molar-refractivity contribution in [3.05, 3.63) is 81.6 Å². The second-order valence-electron chi connectivity index (χ2n) is 9.99. The molecule has 1 fully saturated rings. The van der Waals surface area contributed by atoms with Gasteiger partial charge in [0.2, 0.25) is 5.88 Å². The van der Waals surface area contributed by atoms with Crippen molar-refractivity contribution in [2.45, 2.75) is 44.7 Å². The number of hydrogen-bond acceptors (Lipinski definition) is 6. The Bertz CT molecular complexity index is 1570. The lowest BCUT2D eigenvalue weighted by atomic mass is 9.85. The van der Waals surface area contributed by atoms with Gasteiger partial charge in [0.05, 0.1) is 40.1 Å². The van der Waals surface area contributed by atoms with Gasteiger partial charge in [-0.15, -0.1) is 0 Å². The van der Waals surface area contributed by atoms with E-state index in [1.54, 1.807) is 34.6 Å². The van der Waals surface area contributed by atoms with E-state index in [1.807, 2.05) is 24.3 Å². The number of imidazole rings is 1. The van der Waals surface area contributed by atoms with Gasteiger partial charge in [0.1, 0.15) is 12.3 Å². The molecule has 3 heterocycles. The summed E-state index contributed by atoms with van der Waals surface area (Å²) in [6, 6.07) is 12.2. The highest BCUT2D eigenvalue weighted by Crippen LogP contribution is 2.29. The van der Waals surface area contributed by atoms with E-state index in [4.69, 9.17) is 21.1 Å². The summed E-state index contributed by atoms with van der Waals surface area (Å²) in [5.74, 6) is 0.0458. The largest absolute Gasteiger partial charge is 0.475 e. The molecule has 41 heavy (non-hydrogen) atoms. The molecule has 0 atom stereocenters. The Morgan fingerprint density at radius 2 is 1.83 bits per heavy atom. The van der Waals surface area contributed by atoms with Gasteiger partial charge in [-0.3, -0.25) is 18.9 Å². The number of nitrogens with zero attached hydrogens (tertiary/aromatic N) is 4. The second kappa shape index (κ2) is 12.8. The second-order valence-corrected chi connectivity index (χ2v) is 10.4. The van der Waals surface area contributed by atoms with Gasteiger partial charge in [-0.25, -0.2) is 18.6 Å². The molecule has 0 bridgehead atoms. The predicted molar refractivity (Wildman–Crippen MR) is 150 cm³/mol. The van der Waals surface area contributed by atoms with Crippen molar-refractivity contribution in [2.75, 3.05) is 20.3 Å². The molecule has 4 aromatic rings. The highest BCUT2D eigenvalue weighted by molar-refractivity contribution is 6.30. The number of benzene rings is 1. The average Bonchev–Trinajstić information content (AvgIpc) is 3.25. The molecule has 3 aromatic heterocycles. The molecule has 0 unspecified atom stereocenters. The van der Waals surface area contributed by atoms with Crippen LogP contribution >= 0.6 is 11.6 Å². The lowest BCUT2D eigenvalue weighted by molar-refractivity contribution is 0.0904. The Balaban J connectivity index is 1.27.